The number of amides is 1. The van der Waals surface area contributed by atoms with Crippen molar-refractivity contribution >= 4 is 57.0 Å². The van der Waals surface area contributed by atoms with Crippen molar-refractivity contribution in [1.82, 2.24) is 9.97 Å². The molecule has 1 aliphatic rings. The van der Waals surface area contributed by atoms with Crippen molar-refractivity contribution in [3.63, 3.8) is 0 Å². The van der Waals surface area contributed by atoms with E-state index in [1.165, 1.54) is 40.9 Å². The van der Waals surface area contributed by atoms with Crippen LogP contribution < -0.4 is 4.90 Å². The molecule has 1 aromatic heterocycles. The Morgan fingerprint density at radius 1 is 1.17 bits per heavy atom. The number of carbonyl (C=O) groups excluding carboxylic acids is 1. The van der Waals surface area contributed by atoms with Crippen molar-refractivity contribution in [2.45, 2.75) is 0 Å². The van der Waals surface area contributed by atoms with Crippen LogP contribution in [0.15, 0.2) is 53.4 Å². The fourth-order valence-corrected chi connectivity index (χ4v) is 3.72. The summed E-state index contributed by atoms with van der Waals surface area (Å²) in [5.41, 5.74) is 2.28. The Morgan fingerprint density at radius 2 is 1.92 bits per heavy atom. The van der Waals surface area contributed by atoms with Crippen LogP contribution in [0.2, 0.25) is 0 Å². The van der Waals surface area contributed by atoms with Crippen LogP contribution in [0.3, 0.4) is 0 Å². The fraction of sp³-hybridized carbons (Fsp3) is 0. The minimum absolute atomic E-state index is 0.239. The molecule has 7 heteroatoms. The highest BCUT2D eigenvalue weighted by Crippen LogP contribution is 2.35. The van der Waals surface area contributed by atoms with E-state index in [9.17, 15) is 9.18 Å². The first-order valence-electron chi connectivity index (χ1n) is 7.10. The lowest BCUT2D eigenvalue weighted by Gasteiger charge is -2.13. The topological polar surface area (TPSA) is 49.0 Å². The van der Waals surface area contributed by atoms with Gasteiger partial charge in [0.25, 0.3) is 5.91 Å². The Hall–Kier alpha value is -2.51. The van der Waals surface area contributed by atoms with Crippen LogP contribution in [0, 0.1) is 5.82 Å². The summed E-state index contributed by atoms with van der Waals surface area (Å²) in [6, 6.07) is 13.3. The molecule has 0 unspecified atom stereocenters. The number of aromatic nitrogens is 2. The van der Waals surface area contributed by atoms with Gasteiger partial charge in [-0.1, -0.05) is 36.1 Å². The van der Waals surface area contributed by atoms with Crippen LogP contribution in [0.1, 0.15) is 5.82 Å². The van der Waals surface area contributed by atoms with Crippen molar-refractivity contribution < 1.29 is 9.18 Å². The van der Waals surface area contributed by atoms with Crippen LogP contribution in [-0.2, 0) is 4.79 Å². The lowest BCUT2D eigenvalue weighted by Crippen LogP contribution is -2.27. The average molecular weight is 355 g/mol. The molecular formula is C17H10FN3OS2. The molecule has 2 aromatic carbocycles. The number of carbonyl (C=O) groups is 1. The van der Waals surface area contributed by atoms with E-state index in [2.05, 4.69) is 9.97 Å². The third kappa shape index (κ3) is 2.61. The van der Waals surface area contributed by atoms with Crippen LogP contribution in [0.4, 0.5) is 10.1 Å². The Balaban J connectivity index is 1.68. The van der Waals surface area contributed by atoms with Gasteiger partial charge in [0, 0.05) is 6.08 Å². The van der Waals surface area contributed by atoms with Crippen molar-refractivity contribution in [1.29, 1.82) is 0 Å². The van der Waals surface area contributed by atoms with E-state index in [0.29, 0.717) is 20.7 Å². The largest absolute Gasteiger partial charge is 0.338 e. The molecule has 0 saturated carbocycles. The number of fused-ring (bicyclic) bond motifs is 1. The molecule has 118 valence electrons. The van der Waals surface area contributed by atoms with Gasteiger partial charge in [-0.3, -0.25) is 9.69 Å². The Labute approximate surface area is 146 Å². The molecule has 3 aromatic rings. The number of benzene rings is 2. The number of aromatic amines is 1. The molecule has 1 fully saturated rings. The van der Waals surface area contributed by atoms with Crippen molar-refractivity contribution in [2.75, 3.05) is 4.90 Å². The molecule has 0 atom stereocenters. The first kappa shape index (κ1) is 15.0. The highest BCUT2D eigenvalue weighted by atomic mass is 32.2. The van der Waals surface area contributed by atoms with Gasteiger partial charge in [0.1, 0.15) is 11.6 Å². The van der Waals surface area contributed by atoms with Gasteiger partial charge in [-0.25, -0.2) is 9.37 Å². The zero-order valence-corrected chi connectivity index (χ0v) is 13.8. The Kier molecular flexibility index (Phi) is 3.66. The van der Waals surface area contributed by atoms with E-state index in [-0.39, 0.29) is 11.7 Å². The summed E-state index contributed by atoms with van der Waals surface area (Å²) < 4.78 is 13.5. The maximum absolute atomic E-state index is 13.1. The molecule has 0 spiro atoms. The van der Waals surface area contributed by atoms with E-state index < -0.39 is 0 Å². The number of hydrogen-bond donors (Lipinski definition) is 1. The van der Waals surface area contributed by atoms with Gasteiger partial charge in [-0.2, -0.15) is 0 Å². The van der Waals surface area contributed by atoms with Crippen LogP contribution >= 0.6 is 24.0 Å². The Morgan fingerprint density at radius 3 is 2.67 bits per heavy atom. The molecule has 4 rings (SSSR count). The maximum Gasteiger partial charge on any atom is 0.270 e. The number of thioether (sulfide) groups is 1. The normalized spacial score (nSPS) is 16.5. The van der Waals surface area contributed by atoms with Gasteiger partial charge < -0.3 is 4.98 Å². The van der Waals surface area contributed by atoms with E-state index in [1.807, 2.05) is 24.3 Å². The number of H-pyrrole nitrogens is 1. The molecule has 0 bridgehead atoms. The first-order valence-corrected chi connectivity index (χ1v) is 8.32. The standard InChI is InChI=1S/C17H10FN3OS2/c18-10-5-7-11(8-6-10)21-16(22)14(24-17(21)23)9-15-19-12-3-1-2-4-13(12)20-15/h1-9H,(H,19,20). The summed E-state index contributed by atoms with van der Waals surface area (Å²) in [6.45, 7) is 0. The molecule has 4 nitrogen and oxygen atoms in total. The van der Waals surface area contributed by atoms with Crippen LogP contribution in [-0.4, -0.2) is 20.2 Å². The smallest absolute Gasteiger partial charge is 0.270 e. The number of imidazole rings is 1. The summed E-state index contributed by atoms with van der Waals surface area (Å²) in [6.07, 6.45) is 1.68. The number of para-hydroxylation sites is 2. The number of halogens is 1. The molecule has 1 aliphatic heterocycles. The summed E-state index contributed by atoms with van der Waals surface area (Å²) in [5, 5.41) is 0. The second-order valence-corrected chi connectivity index (χ2v) is 6.81. The zero-order valence-electron chi connectivity index (χ0n) is 12.2. The molecular weight excluding hydrogens is 345 g/mol. The number of anilines is 1. The number of nitrogens with zero attached hydrogens (tertiary/aromatic N) is 2. The third-order valence-corrected chi connectivity index (χ3v) is 4.86. The highest BCUT2D eigenvalue weighted by molar-refractivity contribution is 8.27. The fourth-order valence-electron chi connectivity index (χ4n) is 2.45. The Bertz CT molecular complexity index is 961. The van der Waals surface area contributed by atoms with Gasteiger partial charge in [-0.05, 0) is 36.4 Å². The lowest BCUT2D eigenvalue weighted by molar-refractivity contribution is -0.113. The van der Waals surface area contributed by atoms with E-state index in [1.54, 1.807) is 6.08 Å². The predicted octanol–water partition coefficient (Wildman–Crippen LogP) is 4.11. The number of thiocarbonyl (C=S) groups is 1. The van der Waals surface area contributed by atoms with Crippen molar-refractivity contribution in [2.24, 2.45) is 0 Å². The minimum atomic E-state index is -0.359. The minimum Gasteiger partial charge on any atom is -0.338 e. The van der Waals surface area contributed by atoms with Gasteiger partial charge in [0.05, 0.1) is 21.6 Å². The van der Waals surface area contributed by atoms with Crippen molar-refractivity contribution in [3.8, 4) is 0 Å². The number of hydrogen-bond acceptors (Lipinski definition) is 4. The van der Waals surface area contributed by atoms with Crippen molar-refractivity contribution in [3.05, 3.63) is 65.1 Å². The second kappa shape index (κ2) is 5.85. The van der Waals surface area contributed by atoms with Gasteiger partial charge in [-0.15, -0.1) is 0 Å². The highest BCUT2D eigenvalue weighted by Gasteiger charge is 2.33. The summed E-state index contributed by atoms with van der Waals surface area (Å²) in [4.78, 5) is 22.1. The molecule has 1 amide bonds. The molecule has 1 N–H and O–H groups in total. The lowest BCUT2D eigenvalue weighted by atomic mass is 10.3. The molecule has 1 saturated heterocycles. The molecule has 0 aliphatic carbocycles. The average Bonchev–Trinajstić information content (AvgIpc) is 3.09. The number of rotatable bonds is 2. The molecule has 2 heterocycles. The van der Waals surface area contributed by atoms with E-state index >= 15 is 0 Å². The third-order valence-electron chi connectivity index (χ3n) is 3.55. The quantitative estimate of drug-likeness (QED) is 0.555. The molecule has 24 heavy (non-hydrogen) atoms. The van der Waals surface area contributed by atoms with Crippen LogP contribution in [0.5, 0.6) is 0 Å². The zero-order chi connectivity index (χ0) is 16.7. The molecule has 0 radical (unpaired) electrons. The summed E-state index contributed by atoms with van der Waals surface area (Å²) in [5.74, 6) is -0.00474. The van der Waals surface area contributed by atoms with Gasteiger partial charge in [0.15, 0.2) is 4.32 Å². The van der Waals surface area contributed by atoms with E-state index in [4.69, 9.17) is 12.2 Å². The summed E-state index contributed by atoms with van der Waals surface area (Å²) >= 11 is 6.49. The first-order chi connectivity index (χ1) is 11.6. The van der Waals surface area contributed by atoms with Gasteiger partial charge >= 0.3 is 0 Å². The second-order valence-electron chi connectivity index (χ2n) is 5.13. The summed E-state index contributed by atoms with van der Waals surface area (Å²) in [7, 11) is 0. The van der Waals surface area contributed by atoms with Crippen LogP contribution in [0.25, 0.3) is 17.1 Å². The maximum atomic E-state index is 13.1. The predicted molar refractivity (Wildman–Crippen MR) is 98.1 cm³/mol. The number of nitrogens with one attached hydrogen (secondary N) is 1. The van der Waals surface area contributed by atoms with E-state index in [0.717, 1.165) is 11.0 Å². The van der Waals surface area contributed by atoms with Gasteiger partial charge in [0.2, 0.25) is 0 Å². The monoisotopic (exact) mass is 355 g/mol. The SMILES string of the molecule is O=C1C(=Cc2nc3ccccc3[nH]2)SC(=S)N1c1ccc(F)cc1.